The number of aryl methyl sites for hydroxylation is 2. The lowest BCUT2D eigenvalue weighted by Gasteiger charge is -2.13. The zero-order valence-electron chi connectivity index (χ0n) is 14.4. The molecule has 0 spiro atoms. The van der Waals surface area contributed by atoms with Gasteiger partial charge in [-0.3, -0.25) is 4.99 Å². The molecule has 0 fully saturated rings. The molecule has 1 aromatic carbocycles. The number of halogens is 3. The lowest BCUT2D eigenvalue weighted by molar-refractivity contribution is -0.140. The highest BCUT2D eigenvalue weighted by Crippen LogP contribution is 2.29. The van der Waals surface area contributed by atoms with Crippen molar-refractivity contribution in [3.8, 4) is 0 Å². The normalized spacial score (nSPS) is 12.3. The van der Waals surface area contributed by atoms with Crippen LogP contribution in [0.4, 0.5) is 13.2 Å². The van der Waals surface area contributed by atoms with Crippen molar-refractivity contribution in [3.05, 3.63) is 51.0 Å². The van der Waals surface area contributed by atoms with E-state index in [1.165, 1.54) is 16.7 Å². The summed E-state index contributed by atoms with van der Waals surface area (Å²) in [6, 6.07) is 6.24. The Kier molecular flexibility index (Phi) is 6.41. The number of hydrogen-bond donors (Lipinski definition) is 2. The van der Waals surface area contributed by atoms with Crippen molar-refractivity contribution in [2.45, 2.75) is 33.0 Å². The summed E-state index contributed by atoms with van der Waals surface area (Å²) in [7, 11) is 1.66. The van der Waals surface area contributed by atoms with Crippen LogP contribution in [0.1, 0.15) is 27.4 Å². The van der Waals surface area contributed by atoms with E-state index in [9.17, 15) is 13.2 Å². The van der Waals surface area contributed by atoms with Gasteiger partial charge in [0.15, 0.2) is 11.7 Å². The summed E-state index contributed by atoms with van der Waals surface area (Å²) in [6.07, 6.45) is -3.98. The van der Waals surface area contributed by atoms with Crippen molar-refractivity contribution in [1.29, 1.82) is 0 Å². The molecule has 0 atom stereocenters. The molecule has 1 heterocycles. The molecule has 0 aliphatic rings. The molecule has 25 heavy (non-hydrogen) atoms. The highest BCUT2D eigenvalue weighted by Gasteiger charge is 2.33. The summed E-state index contributed by atoms with van der Waals surface area (Å²) >= 11 is 1.02. The molecule has 0 aliphatic carbocycles. The van der Waals surface area contributed by atoms with Gasteiger partial charge in [0.2, 0.25) is 0 Å². The Morgan fingerprint density at radius 3 is 2.60 bits per heavy atom. The average Bonchev–Trinajstić information content (AvgIpc) is 3.01. The Morgan fingerprint density at radius 1 is 1.24 bits per heavy atom. The van der Waals surface area contributed by atoms with Crippen LogP contribution in [0.5, 0.6) is 0 Å². The van der Waals surface area contributed by atoms with Crippen LogP contribution in [-0.2, 0) is 19.1 Å². The van der Waals surface area contributed by atoms with E-state index in [0.29, 0.717) is 30.5 Å². The highest BCUT2D eigenvalue weighted by atomic mass is 32.1. The highest BCUT2D eigenvalue weighted by molar-refractivity contribution is 7.09. The summed E-state index contributed by atoms with van der Waals surface area (Å²) in [5.41, 5.74) is 2.75. The molecular formula is C17H21F3N4S. The molecule has 4 nitrogen and oxygen atoms in total. The number of benzene rings is 1. The average molecular weight is 370 g/mol. The number of guanidine groups is 1. The van der Waals surface area contributed by atoms with Crippen LogP contribution in [-0.4, -0.2) is 24.5 Å². The number of alkyl halides is 3. The number of aliphatic imine (C=N–C) groups is 1. The fraction of sp³-hybridized carbons (Fsp3) is 0.412. The topological polar surface area (TPSA) is 49.3 Å². The van der Waals surface area contributed by atoms with Crippen molar-refractivity contribution in [2.24, 2.45) is 4.99 Å². The minimum atomic E-state index is -4.38. The summed E-state index contributed by atoms with van der Waals surface area (Å²) in [4.78, 5) is 7.73. The molecule has 0 saturated heterocycles. The molecule has 0 bridgehead atoms. The zero-order chi connectivity index (χ0) is 18.4. The molecule has 0 saturated carbocycles. The Balaban J connectivity index is 1.81. The van der Waals surface area contributed by atoms with E-state index in [-0.39, 0.29) is 0 Å². The maximum absolute atomic E-state index is 12.5. The van der Waals surface area contributed by atoms with Crippen LogP contribution < -0.4 is 10.6 Å². The quantitative estimate of drug-likeness (QED) is 0.623. The van der Waals surface area contributed by atoms with Crippen LogP contribution >= 0.6 is 11.3 Å². The molecular weight excluding hydrogens is 349 g/mol. The summed E-state index contributed by atoms with van der Waals surface area (Å²) < 4.78 is 37.6. The number of nitrogens with one attached hydrogen (secondary N) is 2. The number of rotatable bonds is 5. The molecule has 8 heteroatoms. The first-order chi connectivity index (χ1) is 11.8. The van der Waals surface area contributed by atoms with Gasteiger partial charge in [-0.1, -0.05) is 23.8 Å². The predicted molar refractivity (Wildman–Crippen MR) is 94.9 cm³/mol. The smallest absolute Gasteiger partial charge is 0.356 e. The van der Waals surface area contributed by atoms with E-state index in [0.717, 1.165) is 16.7 Å². The minimum absolute atomic E-state index is 0.408. The van der Waals surface area contributed by atoms with Crippen molar-refractivity contribution in [2.75, 3.05) is 13.6 Å². The second-order valence-corrected chi connectivity index (χ2v) is 6.60. The maximum atomic E-state index is 12.5. The Bertz CT molecular complexity index is 738. The zero-order valence-corrected chi connectivity index (χ0v) is 15.2. The van der Waals surface area contributed by atoms with Gasteiger partial charge >= 0.3 is 6.18 Å². The molecule has 2 aromatic rings. The first kappa shape index (κ1) is 19.2. The van der Waals surface area contributed by atoms with Crippen molar-refractivity contribution >= 4 is 17.3 Å². The van der Waals surface area contributed by atoms with E-state index in [2.05, 4.69) is 45.7 Å². The van der Waals surface area contributed by atoms with E-state index in [1.807, 2.05) is 6.92 Å². The number of aromatic nitrogens is 1. The Labute approximate surface area is 149 Å². The van der Waals surface area contributed by atoms with Crippen molar-refractivity contribution in [1.82, 2.24) is 15.6 Å². The predicted octanol–water partition coefficient (Wildman–Crippen LogP) is 3.69. The Hall–Kier alpha value is -2.09. The third-order valence-electron chi connectivity index (χ3n) is 3.64. The molecule has 1 aromatic heterocycles. The third kappa shape index (κ3) is 5.74. The summed E-state index contributed by atoms with van der Waals surface area (Å²) in [5, 5.41) is 7.79. The van der Waals surface area contributed by atoms with Gasteiger partial charge in [-0.05, 0) is 25.0 Å². The van der Waals surface area contributed by atoms with Gasteiger partial charge in [0, 0.05) is 31.9 Å². The second-order valence-electron chi connectivity index (χ2n) is 5.66. The molecule has 0 unspecified atom stereocenters. The van der Waals surface area contributed by atoms with Crippen LogP contribution in [0.2, 0.25) is 0 Å². The van der Waals surface area contributed by atoms with Gasteiger partial charge in [-0.15, -0.1) is 11.3 Å². The SMILES string of the molecule is CN=C(NCCc1nc(C(F)(F)F)cs1)NCc1ccc(C)cc1C. The van der Waals surface area contributed by atoms with Crippen molar-refractivity contribution < 1.29 is 13.2 Å². The van der Waals surface area contributed by atoms with Gasteiger partial charge in [0.1, 0.15) is 0 Å². The number of nitrogens with zero attached hydrogens (tertiary/aromatic N) is 2. The number of hydrogen-bond acceptors (Lipinski definition) is 3. The monoisotopic (exact) mass is 370 g/mol. The van der Waals surface area contributed by atoms with Crippen molar-refractivity contribution in [3.63, 3.8) is 0 Å². The fourth-order valence-electron chi connectivity index (χ4n) is 2.29. The van der Waals surface area contributed by atoms with E-state index in [1.54, 1.807) is 7.05 Å². The molecule has 2 N–H and O–H groups in total. The van der Waals surface area contributed by atoms with Gasteiger partial charge < -0.3 is 10.6 Å². The molecule has 136 valence electrons. The minimum Gasteiger partial charge on any atom is -0.356 e. The first-order valence-corrected chi connectivity index (χ1v) is 8.70. The summed E-state index contributed by atoms with van der Waals surface area (Å²) in [6.45, 7) is 5.19. The van der Waals surface area contributed by atoms with Crippen LogP contribution in [0.25, 0.3) is 0 Å². The fourth-order valence-corrected chi connectivity index (χ4v) is 3.09. The van der Waals surface area contributed by atoms with E-state index < -0.39 is 11.9 Å². The van der Waals surface area contributed by atoms with Gasteiger partial charge in [-0.2, -0.15) is 13.2 Å². The second kappa shape index (κ2) is 8.33. The molecule has 2 rings (SSSR count). The largest absolute Gasteiger partial charge is 0.434 e. The van der Waals surface area contributed by atoms with Crippen LogP contribution in [0, 0.1) is 13.8 Å². The van der Waals surface area contributed by atoms with Gasteiger partial charge in [0.25, 0.3) is 0 Å². The molecule has 0 amide bonds. The molecule has 0 radical (unpaired) electrons. The number of thiazole rings is 1. The first-order valence-electron chi connectivity index (χ1n) is 7.82. The van der Waals surface area contributed by atoms with E-state index in [4.69, 9.17) is 0 Å². The van der Waals surface area contributed by atoms with Gasteiger partial charge in [0.05, 0.1) is 5.01 Å². The summed E-state index contributed by atoms with van der Waals surface area (Å²) in [5.74, 6) is 0.604. The van der Waals surface area contributed by atoms with Gasteiger partial charge in [-0.25, -0.2) is 4.98 Å². The Morgan fingerprint density at radius 2 is 2.00 bits per heavy atom. The molecule has 0 aliphatic heterocycles. The van der Waals surface area contributed by atoms with E-state index >= 15 is 0 Å². The lowest BCUT2D eigenvalue weighted by atomic mass is 10.1. The standard InChI is InChI=1S/C17H21F3N4S/c1-11-4-5-13(12(2)8-11)9-23-16(21-3)22-7-6-15-24-14(10-25-15)17(18,19)20/h4-5,8,10H,6-7,9H2,1-3H3,(H2,21,22,23). The third-order valence-corrected chi connectivity index (χ3v) is 4.55. The lowest BCUT2D eigenvalue weighted by Crippen LogP contribution is -2.38. The van der Waals surface area contributed by atoms with Crippen LogP contribution in [0.15, 0.2) is 28.6 Å². The van der Waals surface area contributed by atoms with Crippen LogP contribution in [0.3, 0.4) is 0 Å². The maximum Gasteiger partial charge on any atom is 0.434 e.